The van der Waals surface area contributed by atoms with Crippen LogP contribution >= 0.6 is 11.3 Å². The first kappa shape index (κ1) is 12.8. The zero-order valence-corrected chi connectivity index (χ0v) is 11.5. The second kappa shape index (κ2) is 4.94. The van der Waals surface area contributed by atoms with Crippen LogP contribution < -0.4 is 5.73 Å². The smallest absolute Gasteiger partial charge is 0.233 e. The lowest BCUT2D eigenvalue weighted by Crippen LogP contribution is -2.41. The Hall–Kier alpha value is -1.61. The van der Waals surface area contributed by atoms with Gasteiger partial charge < -0.3 is 5.73 Å². The van der Waals surface area contributed by atoms with Gasteiger partial charge in [-0.05, 0) is 35.9 Å². The van der Waals surface area contributed by atoms with E-state index in [1.165, 1.54) is 0 Å². The first-order chi connectivity index (χ1) is 8.63. The third-order valence-electron chi connectivity index (χ3n) is 3.47. The maximum Gasteiger partial charge on any atom is 0.233 e. The van der Waals surface area contributed by atoms with Gasteiger partial charge in [-0.1, -0.05) is 37.3 Å². The van der Waals surface area contributed by atoms with Crippen molar-refractivity contribution < 1.29 is 4.79 Å². The normalized spacial score (nSPS) is 14.1. The van der Waals surface area contributed by atoms with Crippen LogP contribution in [0.25, 0.3) is 0 Å². The van der Waals surface area contributed by atoms with Crippen LogP contribution in [0.15, 0.2) is 41.8 Å². The molecule has 2 rings (SSSR count). The number of aryl methyl sites for hydroxylation is 1. The van der Waals surface area contributed by atoms with Gasteiger partial charge in [-0.25, -0.2) is 0 Å². The molecule has 1 aromatic carbocycles. The van der Waals surface area contributed by atoms with E-state index >= 15 is 0 Å². The lowest BCUT2D eigenvalue weighted by molar-refractivity contribution is -0.122. The molecule has 1 heterocycles. The summed E-state index contributed by atoms with van der Waals surface area (Å²) >= 11 is 1.60. The van der Waals surface area contributed by atoms with Crippen molar-refractivity contribution in [3.63, 3.8) is 0 Å². The summed E-state index contributed by atoms with van der Waals surface area (Å²) in [6.45, 7) is 4.04. The fourth-order valence-electron chi connectivity index (χ4n) is 2.46. The SMILES string of the molecule is CCC(C(N)=O)(c1ccccc1)c1sccc1C. The molecule has 0 aliphatic heterocycles. The summed E-state index contributed by atoms with van der Waals surface area (Å²) in [6, 6.07) is 11.8. The molecule has 2 aromatic rings. The zero-order valence-electron chi connectivity index (χ0n) is 10.6. The maximum absolute atomic E-state index is 12.1. The van der Waals surface area contributed by atoms with Crippen LogP contribution in [0.1, 0.15) is 29.3 Å². The molecule has 0 aliphatic rings. The van der Waals surface area contributed by atoms with E-state index in [0.29, 0.717) is 6.42 Å². The summed E-state index contributed by atoms with van der Waals surface area (Å²) in [5.41, 5.74) is 7.15. The van der Waals surface area contributed by atoms with Gasteiger partial charge in [0.15, 0.2) is 0 Å². The number of primary amides is 1. The van der Waals surface area contributed by atoms with Gasteiger partial charge in [-0.3, -0.25) is 4.79 Å². The number of carbonyl (C=O) groups excluding carboxylic acids is 1. The van der Waals surface area contributed by atoms with Crippen LogP contribution in [0, 0.1) is 6.92 Å². The second-order valence-corrected chi connectivity index (χ2v) is 5.34. The van der Waals surface area contributed by atoms with Crippen molar-refractivity contribution in [2.75, 3.05) is 0 Å². The maximum atomic E-state index is 12.1. The second-order valence-electron chi connectivity index (χ2n) is 4.42. The van der Waals surface area contributed by atoms with E-state index in [0.717, 1.165) is 16.0 Å². The minimum atomic E-state index is -0.695. The van der Waals surface area contributed by atoms with Gasteiger partial charge in [0.2, 0.25) is 5.91 Å². The van der Waals surface area contributed by atoms with E-state index in [4.69, 9.17) is 5.73 Å². The minimum Gasteiger partial charge on any atom is -0.369 e. The molecule has 1 amide bonds. The number of benzene rings is 1. The molecule has 2 nitrogen and oxygen atoms in total. The van der Waals surface area contributed by atoms with Gasteiger partial charge in [0.05, 0.1) is 0 Å². The molecule has 0 fully saturated rings. The number of rotatable bonds is 4. The molecule has 1 unspecified atom stereocenters. The van der Waals surface area contributed by atoms with Gasteiger partial charge >= 0.3 is 0 Å². The van der Waals surface area contributed by atoms with Crippen molar-refractivity contribution in [2.24, 2.45) is 5.73 Å². The van der Waals surface area contributed by atoms with Gasteiger partial charge in [0, 0.05) is 4.88 Å². The highest BCUT2D eigenvalue weighted by Gasteiger charge is 2.40. The van der Waals surface area contributed by atoms with E-state index in [2.05, 4.69) is 0 Å². The zero-order chi connectivity index (χ0) is 13.2. The van der Waals surface area contributed by atoms with Crippen LogP contribution in [-0.2, 0) is 10.2 Å². The van der Waals surface area contributed by atoms with Gasteiger partial charge in [0.1, 0.15) is 5.41 Å². The highest BCUT2D eigenvalue weighted by molar-refractivity contribution is 7.10. The Morgan fingerprint density at radius 2 is 1.94 bits per heavy atom. The van der Waals surface area contributed by atoms with Crippen LogP contribution in [0.2, 0.25) is 0 Å². The van der Waals surface area contributed by atoms with Crippen molar-refractivity contribution >= 4 is 17.2 Å². The van der Waals surface area contributed by atoms with E-state index in [9.17, 15) is 4.79 Å². The molecule has 0 bridgehead atoms. The number of amides is 1. The Bertz CT molecular complexity index is 547. The molecule has 0 radical (unpaired) electrons. The number of hydrogen-bond donors (Lipinski definition) is 1. The molecule has 0 saturated carbocycles. The van der Waals surface area contributed by atoms with Crippen LogP contribution in [0.4, 0.5) is 0 Å². The minimum absolute atomic E-state index is 0.276. The lowest BCUT2D eigenvalue weighted by atomic mass is 9.75. The molecule has 94 valence electrons. The van der Waals surface area contributed by atoms with Crippen molar-refractivity contribution in [3.05, 3.63) is 57.8 Å². The molecule has 1 atom stereocenters. The Labute approximate surface area is 111 Å². The van der Waals surface area contributed by atoms with Crippen LogP contribution in [0.5, 0.6) is 0 Å². The highest BCUT2D eigenvalue weighted by atomic mass is 32.1. The summed E-state index contributed by atoms with van der Waals surface area (Å²) in [6.07, 6.45) is 0.674. The molecular formula is C15H17NOS. The molecule has 18 heavy (non-hydrogen) atoms. The third kappa shape index (κ3) is 1.85. The summed E-state index contributed by atoms with van der Waals surface area (Å²) < 4.78 is 0. The topological polar surface area (TPSA) is 43.1 Å². The van der Waals surface area contributed by atoms with Gasteiger partial charge in [-0.15, -0.1) is 11.3 Å². The quantitative estimate of drug-likeness (QED) is 0.900. The van der Waals surface area contributed by atoms with Gasteiger partial charge in [0.25, 0.3) is 0 Å². The molecule has 1 aromatic heterocycles. The number of nitrogens with two attached hydrogens (primary N) is 1. The first-order valence-corrected chi connectivity index (χ1v) is 6.91. The summed E-state index contributed by atoms with van der Waals surface area (Å²) in [5.74, 6) is -0.276. The van der Waals surface area contributed by atoms with E-state index < -0.39 is 5.41 Å². The number of hydrogen-bond acceptors (Lipinski definition) is 2. The fraction of sp³-hybridized carbons (Fsp3) is 0.267. The fourth-order valence-corrected chi connectivity index (χ4v) is 3.68. The van der Waals surface area contributed by atoms with Gasteiger partial charge in [-0.2, -0.15) is 0 Å². The predicted octanol–water partition coefficient (Wildman–Crippen LogP) is 3.24. The summed E-state index contributed by atoms with van der Waals surface area (Å²) in [5, 5.41) is 2.01. The summed E-state index contributed by atoms with van der Waals surface area (Å²) in [7, 11) is 0. The summed E-state index contributed by atoms with van der Waals surface area (Å²) in [4.78, 5) is 13.2. The molecular weight excluding hydrogens is 242 g/mol. The average Bonchev–Trinajstić information content (AvgIpc) is 2.79. The molecule has 0 saturated heterocycles. The molecule has 0 aliphatic carbocycles. The molecule has 2 N–H and O–H groups in total. The third-order valence-corrected chi connectivity index (χ3v) is 4.65. The number of thiophene rings is 1. The van der Waals surface area contributed by atoms with Crippen LogP contribution in [0.3, 0.4) is 0 Å². The Morgan fingerprint density at radius 1 is 1.28 bits per heavy atom. The average molecular weight is 259 g/mol. The van der Waals surface area contributed by atoms with Crippen molar-refractivity contribution in [2.45, 2.75) is 25.7 Å². The highest BCUT2D eigenvalue weighted by Crippen LogP contribution is 2.40. The van der Waals surface area contributed by atoms with E-state index in [1.807, 2.05) is 55.6 Å². The Morgan fingerprint density at radius 3 is 2.39 bits per heavy atom. The Balaban J connectivity index is 2.69. The standard InChI is InChI=1S/C15H17NOS/c1-3-15(14(16)17,12-7-5-4-6-8-12)13-11(2)9-10-18-13/h4-10H,3H2,1-2H3,(H2,16,17). The first-order valence-electron chi connectivity index (χ1n) is 6.03. The lowest BCUT2D eigenvalue weighted by Gasteiger charge is -2.30. The van der Waals surface area contributed by atoms with E-state index in [-0.39, 0.29) is 5.91 Å². The molecule has 3 heteroatoms. The predicted molar refractivity (Wildman–Crippen MR) is 75.8 cm³/mol. The number of carbonyl (C=O) groups is 1. The van der Waals surface area contributed by atoms with Crippen LogP contribution in [-0.4, -0.2) is 5.91 Å². The Kier molecular flexibility index (Phi) is 3.53. The van der Waals surface area contributed by atoms with Crippen molar-refractivity contribution in [3.8, 4) is 0 Å². The molecule has 0 spiro atoms. The van der Waals surface area contributed by atoms with Crippen molar-refractivity contribution in [1.29, 1.82) is 0 Å². The largest absolute Gasteiger partial charge is 0.369 e. The van der Waals surface area contributed by atoms with E-state index in [1.54, 1.807) is 11.3 Å². The monoisotopic (exact) mass is 259 g/mol. The van der Waals surface area contributed by atoms with Crippen molar-refractivity contribution in [1.82, 2.24) is 0 Å².